The maximum absolute atomic E-state index is 13.4. The fourth-order valence-corrected chi connectivity index (χ4v) is 1.61. The number of carboxylic acids is 1. The van der Waals surface area contributed by atoms with Crippen molar-refractivity contribution in [2.45, 2.75) is 64.7 Å². The van der Waals surface area contributed by atoms with Crippen LogP contribution in [-0.4, -0.2) is 45.9 Å². The molecule has 6 nitrogen and oxygen atoms in total. The van der Waals surface area contributed by atoms with Gasteiger partial charge in [-0.3, -0.25) is 0 Å². The predicted molar refractivity (Wildman–Crippen MR) is 71.2 cm³/mol. The molecule has 0 fully saturated rings. The van der Waals surface area contributed by atoms with Crippen molar-refractivity contribution < 1.29 is 33.3 Å². The van der Waals surface area contributed by atoms with Crippen molar-refractivity contribution in [2.75, 3.05) is 0 Å². The SMILES string of the molecule is CC(C)C[C@H](NC(=O)OC(C)(C)C)[C@@H](O)C(F)(F)C(=O)O. The van der Waals surface area contributed by atoms with Gasteiger partial charge in [-0.05, 0) is 33.1 Å². The largest absolute Gasteiger partial charge is 0.477 e. The van der Waals surface area contributed by atoms with E-state index in [0.717, 1.165) is 0 Å². The van der Waals surface area contributed by atoms with Crippen LogP contribution in [0, 0.1) is 5.92 Å². The summed E-state index contributed by atoms with van der Waals surface area (Å²) < 4.78 is 31.7. The first-order chi connectivity index (χ1) is 9.27. The number of aliphatic hydroxyl groups excluding tert-OH is 1. The van der Waals surface area contributed by atoms with Crippen molar-refractivity contribution in [3.8, 4) is 0 Å². The lowest BCUT2D eigenvalue weighted by Crippen LogP contribution is -2.55. The van der Waals surface area contributed by atoms with Crippen LogP contribution in [-0.2, 0) is 9.53 Å². The molecule has 0 saturated heterocycles. The van der Waals surface area contributed by atoms with Crippen LogP contribution in [0.25, 0.3) is 0 Å². The number of alkyl halides is 2. The zero-order valence-corrected chi connectivity index (χ0v) is 12.8. The summed E-state index contributed by atoms with van der Waals surface area (Å²) in [5.41, 5.74) is -0.841. The predicted octanol–water partition coefficient (Wildman–Crippen LogP) is 2.01. The van der Waals surface area contributed by atoms with Crippen molar-refractivity contribution in [1.82, 2.24) is 5.32 Å². The number of aliphatic hydroxyl groups is 1. The molecule has 8 heteroatoms. The first kappa shape index (κ1) is 19.6. The van der Waals surface area contributed by atoms with Gasteiger partial charge in [0, 0.05) is 0 Å². The summed E-state index contributed by atoms with van der Waals surface area (Å²) in [7, 11) is 0. The lowest BCUT2D eigenvalue weighted by Gasteiger charge is -2.30. The summed E-state index contributed by atoms with van der Waals surface area (Å²) in [4.78, 5) is 22.1. The Kier molecular flexibility index (Phi) is 6.54. The molecule has 0 spiro atoms. The van der Waals surface area contributed by atoms with Crippen LogP contribution in [0.4, 0.5) is 13.6 Å². The van der Waals surface area contributed by atoms with Gasteiger partial charge in [-0.15, -0.1) is 0 Å². The molecular weight excluding hydrogens is 288 g/mol. The quantitative estimate of drug-likeness (QED) is 0.697. The Balaban J connectivity index is 5.05. The van der Waals surface area contributed by atoms with Crippen LogP contribution in [0.1, 0.15) is 41.0 Å². The number of carbonyl (C=O) groups excluding carboxylic acids is 1. The van der Waals surface area contributed by atoms with Gasteiger partial charge in [0.15, 0.2) is 0 Å². The van der Waals surface area contributed by atoms with Gasteiger partial charge < -0.3 is 20.3 Å². The van der Waals surface area contributed by atoms with E-state index >= 15 is 0 Å². The molecule has 3 N–H and O–H groups in total. The van der Waals surface area contributed by atoms with Crippen molar-refractivity contribution in [2.24, 2.45) is 5.92 Å². The first-order valence-electron chi connectivity index (χ1n) is 6.56. The van der Waals surface area contributed by atoms with Gasteiger partial charge in [-0.1, -0.05) is 13.8 Å². The lowest BCUT2D eigenvalue weighted by molar-refractivity contribution is -0.185. The molecule has 0 unspecified atom stereocenters. The summed E-state index contributed by atoms with van der Waals surface area (Å²) >= 11 is 0. The Hall–Kier alpha value is -1.44. The molecule has 0 saturated carbocycles. The molecule has 0 aliphatic rings. The molecule has 0 radical (unpaired) electrons. The molecular formula is C13H23F2NO5. The Morgan fingerprint density at radius 3 is 2.05 bits per heavy atom. The molecule has 1 amide bonds. The molecule has 0 aromatic rings. The zero-order chi connectivity index (χ0) is 17.0. The standard InChI is InChI=1S/C13H23F2NO5/c1-7(2)6-8(9(17)13(14,15)10(18)19)16-11(20)21-12(3,4)5/h7-9,17H,6H2,1-5H3,(H,16,20)(H,18,19)/t8-,9+/m0/s1. The van der Waals surface area contributed by atoms with Crippen LogP contribution in [0.3, 0.4) is 0 Å². The molecule has 0 aromatic carbocycles. The Bertz CT molecular complexity index is 379. The molecule has 0 rings (SSSR count). The van der Waals surface area contributed by atoms with Crippen molar-refractivity contribution in [1.29, 1.82) is 0 Å². The van der Waals surface area contributed by atoms with Gasteiger partial charge in [0.05, 0.1) is 6.04 Å². The zero-order valence-electron chi connectivity index (χ0n) is 12.8. The average molecular weight is 311 g/mol. The van der Waals surface area contributed by atoms with E-state index < -0.39 is 35.7 Å². The average Bonchev–Trinajstić information content (AvgIpc) is 2.23. The molecule has 0 aliphatic heterocycles. The van der Waals surface area contributed by atoms with Crippen LogP contribution < -0.4 is 5.32 Å². The highest BCUT2D eigenvalue weighted by Crippen LogP contribution is 2.24. The van der Waals surface area contributed by atoms with Crippen LogP contribution in [0.15, 0.2) is 0 Å². The summed E-state index contributed by atoms with van der Waals surface area (Å²) in [5.74, 6) is -6.96. The van der Waals surface area contributed by atoms with Crippen molar-refractivity contribution in [3.05, 3.63) is 0 Å². The summed E-state index contributed by atoms with van der Waals surface area (Å²) in [6.07, 6.45) is -3.57. The fraction of sp³-hybridized carbons (Fsp3) is 0.846. The number of aliphatic carboxylic acids is 1. The number of carbonyl (C=O) groups is 2. The van der Waals surface area contributed by atoms with E-state index in [2.05, 4.69) is 5.32 Å². The number of carboxylic acid groups (broad SMARTS) is 1. The van der Waals surface area contributed by atoms with E-state index in [-0.39, 0.29) is 12.3 Å². The van der Waals surface area contributed by atoms with Gasteiger partial charge in [0.1, 0.15) is 11.7 Å². The highest BCUT2D eigenvalue weighted by molar-refractivity contribution is 5.76. The molecule has 21 heavy (non-hydrogen) atoms. The Labute approximate surface area is 122 Å². The third-order valence-corrected chi connectivity index (χ3v) is 2.47. The highest BCUT2D eigenvalue weighted by Gasteiger charge is 2.51. The van der Waals surface area contributed by atoms with E-state index in [1.807, 2.05) is 0 Å². The van der Waals surface area contributed by atoms with Gasteiger partial charge in [0.2, 0.25) is 0 Å². The summed E-state index contributed by atoms with van der Waals surface area (Å²) in [6.45, 7) is 8.15. The number of amides is 1. The minimum absolute atomic E-state index is 0.0245. The maximum atomic E-state index is 13.4. The second-order valence-corrected chi connectivity index (χ2v) is 6.26. The van der Waals surface area contributed by atoms with Gasteiger partial charge in [-0.25, -0.2) is 9.59 Å². The maximum Gasteiger partial charge on any atom is 0.407 e. The van der Waals surface area contributed by atoms with E-state index in [1.54, 1.807) is 34.6 Å². The first-order valence-corrected chi connectivity index (χ1v) is 6.56. The molecule has 0 aromatic heterocycles. The number of rotatable bonds is 6. The van der Waals surface area contributed by atoms with E-state index in [4.69, 9.17) is 9.84 Å². The smallest absolute Gasteiger partial charge is 0.407 e. The molecule has 2 atom stereocenters. The monoisotopic (exact) mass is 311 g/mol. The van der Waals surface area contributed by atoms with Crippen LogP contribution in [0.5, 0.6) is 0 Å². The van der Waals surface area contributed by atoms with Crippen LogP contribution >= 0.6 is 0 Å². The molecule has 0 heterocycles. The van der Waals surface area contributed by atoms with E-state index in [1.165, 1.54) is 0 Å². The van der Waals surface area contributed by atoms with Crippen LogP contribution in [0.2, 0.25) is 0 Å². The van der Waals surface area contributed by atoms with E-state index in [0.29, 0.717) is 0 Å². The van der Waals surface area contributed by atoms with E-state index in [9.17, 15) is 23.5 Å². The molecule has 124 valence electrons. The normalized spacial score (nSPS) is 15.5. The summed E-state index contributed by atoms with van der Waals surface area (Å²) in [6, 6.07) is -1.44. The second-order valence-electron chi connectivity index (χ2n) is 6.26. The minimum Gasteiger partial charge on any atom is -0.477 e. The Morgan fingerprint density at radius 2 is 1.71 bits per heavy atom. The highest BCUT2D eigenvalue weighted by atomic mass is 19.3. The number of alkyl carbamates (subject to hydrolysis) is 1. The number of halogens is 2. The molecule has 0 bridgehead atoms. The summed E-state index contributed by atoms with van der Waals surface area (Å²) in [5, 5.41) is 20.2. The third-order valence-electron chi connectivity index (χ3n) is 2.47. The minimum atomic E-state index is -4.37. The topological polar surface area (TPSA) is 95.9 Å². The van der Waals surface area contributed by atoms with Crippen molar-refractivity contribution >= 4 is 12.1 Å². The second kappa shape index (κ2) is 7.02. The number of hydrogen-bond acceptors (Lipinski definition) is 4. The Morgan fingerprint density at radius 1 is 1.24 bits per heavy atom. The lowest BCUT2D eigenvalue weighted by atomic mass is 9.95. The van der Waals surface area contributed by atoms with Gasteiger partial charge in [-0.2, -0.15) is 8.78 Å². The number of ether oxygens (including phenoxy) is 1. The number of hydrogen-bond donors (Lipinski definition) is 3. The van der Waals surface area contributed by atoms with Gasteiger partial charge >= 0.3 is 18.0 Å². The van der Waals surface area contributed by atoms with Crippen molar-refractivity contribution in [3.63, 3.8) is 0 Å². The van der Waals surface area contributed by atoms with Gasteiger partial charge in [0.25, 0.3) is 0 Å². The number of nitrogens with one attached hydrogen (secondary N) is 1. The molecule has 0 aliphatic carbocycles. The third kappa shape index (κ3) is 6.70. The fourth-order valence-electron chi connectivity index (χ4n) is 1.61.